The van der Waals surface area contributed by atoms with Crippen molar-refractivity contribution >= 4 is 28.4 Å². The summed E-state index contributed by atoms with van der Waals surface area (Å²) in [6, 6.07) is 0. The van der Waals surface area contributed by atoms with Gasteiger partial charge in [0.25, 0.3) is 0 Å². The van der Waals surface area contributed by atoms with Crippen LogP contribution in [0, 0.1) is 18.3 Å². The molecule has 1 N–H and O–H groups in total. The van der Waals surface area contributed by atoms with Crippen LogP contribution in [0.25, 0.3) is 0 Å². The summed E-state index contributed by atoms with van der Waals surface area (Å²) < 4.78 is 4.07. The van der Waals surface area contributed by atoms with E-state index in [-0.39, 0.29) is 22.8 Å². The van der Waals surface area contributed by atoms with Crippen LogP contribution in [0.3, 0.4) is 0 Å². The summed E-state index contributed by atoms with van der Waals surface area (Å²) in [4.78, 5) is 25.4. The van der Waals surface area contributed by atoms with Gasteiger partial charge in [0.15, 0.2) is 0 Å². The summed E-state index contributed by atoms with van der Waals surface area (Å²) in [5.41, 5.74) is 0.582. The summed E-state index contributed by atoms with van der Waals surface area (Å²) in [6.07, 6.45) is 2.95. The van der Waals surface area contributed by atoms with Crippen molar-refractivity contribution in [2.24, 2.45) is 11.3 Å². The first-order chi connectivity index (χ1) is 9.25. The summed E-state index contributed by atoms with van der Waals surface area (Å²) in [7, 11) is 1.65. The molecule has 0 bridgehead atoms. The molecule has 1 aliphatic carbocycles. The van der Waals surface area contributed by atoms with Crippen LogP contribution in [0.5, 0.6) is 0 Å². The molecule has 6 heteroatoms. The van der Waals surface area contributed by atoms with Crippen LogP contribution in [0.2, 0.25) is 0 Å². The normalized spacial score (nSPS) is 20.9. The fourth-order valence-electron chi connectivity index (χ4n) is 2.95. The number of aromatic carboxylic acids is 1. The Labute approximate surface area is 122 Å². The minimum absolute atomic E-state index is 0.00125. The molecule has 0 saturated heterocycles. The molecular weight excluding hydrogens is 276 g/mol. The summed E-state index contributed by atoms with van der Waals surface area (Å²) in [5.74, 6) is -1.08. The minimum Gasteiger partial charge on any atom is -0.478 e. The zero-order chi connectivity index (χ0) is 15.1. The van der Waals surface area contributed by atoms with Crippen molar-refractivity contribution in [3.05, 3.63) is 11.3 Å². The Bertz CT molecular complexity index is 551. The number of aryl methyl sites for hydroxylation is 1. The van der Waals surface area contributed by atoms with E-state index in [1.807, 2.05) is 0 Å². The number of anilines is 1. The van der Waals surface area contributed by atoms with Gasteiger partial charge in [0.05, 0.1) is 5.69 Å². The maximum Gasteiger partial charge on any atom is 0.340 e. The van der Waals surface area contributed by atoms with E-state index in [4.69, 9.17) is 0 Å². The molecule has 0 radical (unpaired) electrons. The van der Waals surface area contributed by atoms with Gasteiger partial charge < -0.3 is 10.0 Å². The molecular formula is C14H20N2O3S. The molecule has 1 atom stereocenters. The Balaban J connectivity index is 2.30. The molecule has 0 aliphatic heterocycles. The third-order valence-corrected chi connectivity index (χ3v) is 5.27. The topological polar surface area (TPSA) is 70.5 Å². The number of hydrogen-bond acceptors (Lipinski definition) is 4. The molecule has 5 nitrogen and oxygen atoms in total. The quantitative estimate of drug-likeness (QED) is 0.931. The highest BCUT2D eigenvalue weighted by atomic mass is 32.1. The number of rotatable bonds is 3. The highest BCUT2D eigenvalue weighted by molar-refractivity contribution is 7.11. The maximum atomic E-state index is 12.7. The van der Waals surface area contributed by atoms with Gasteiger partial charge in [-0.1, -0.05) is 20.3 Å². The van der Waals surface area contributed by atoms with E-state index in [0.717, 1.165) is 30.8 Å². The predicted molar refractivity (Wildman–Crippen MR) is 78.3 cm³/mol. The summed E-state index contributed by atoms with van der Waals surface area (Å²) in [6.45, 7) is 5.86. The lowest BCUT2D eigenvalue weighted by Gasteiger charge is -2.29. The second kappa shape index (κ2) is 5.16. The third kappa shape index (κ3) is 2.44. The van der Waals surface area contributed by atoms with E-state index in [9.17, 15) is 14.7 Å². The summed E-state index contributed by atoms with van der Waals surface area (Å²) >= 11 is 1.07. The zero-order valence-electron chi connectivity index (χ0n) is 12.3. The molecule has 2 rings (SSSR count). The highest BCUT2D eigenvalue weighted by Crippen LogP contribution is 2.44. The average molecular weight is 296 g/mol. The van der Waals surface area contributed by atoms with Crippen molar-refractivity contribution in [2.45, 2.75) is 40.0 Å². The van der Waals surface area contributed by atoms with Gasteiger partial charge in [-0.2, -0.15) is 4.37 Å². The standard InChI is InChI=1S/C14H20N2O3S/c1-8-10(13(18)19)12(20-15-8)16(4)11(17)9-6-5-7-14(9,2)3/h9H,5-7H2,1-4H3,(H,18,19). The molecule has 1 amide bonds. The number of hydrogen-bond donors (Lipinski definition) is 1. The van der Waals surface area contributed by atoms with Crippen LogP contribution in [-0.2, 0) is 4.79 Å². The Hall–Kier alpha value is -1.43. The molecule has 0 spiro atoms. The number of carboxylic acids is 1. The van der Waals surface area contributed by atoms with Crippen molar-refractivity contribution in [1.82, 2.24) is 4.37 Å². The zero-order valence-corrected chi connectivity index (χ0v) is 13.1. The van der Waals surface area contributed by atoms with Gasteiger partial charge in [0.2, 0.25) is 5.91 Å². The largest absolute Gasteiger partial charge is 0.478 e. The number of carbonyl (C=O) groups is 2. The second-order valence-corrected chi connectivity index (χ2v) is 6.84. The first kappa shape index (κ1) is 15.0. The van der Waals surface area contributed by atoms with E-state index >= 15 is 0 Å². The van der Waals surface area contributed by atoms with Gasteiger partial charge >= 0.3 is 5.97 Å². The van der Waals surface area contributed by atoms with E-state index in [1.165, 1.54) is 4.90 Å². The van der Waals surface area contributed by atoms with Gasteiger partial charge in [-0.3, -0.25) is 4.79 Å². The van der Waals surface area contributed by atoms with Gasteiger partial charge in [-0.25, -0.2) is 4.79 Å². The lowest BCUT2D eigenvalue weighted by molar-refractivity contribution is -0.124. The van der Waals surface area contributed by atoms with Crippen molar-refractivity contribution in [3.8, 4) is 0 Å². The first-order valence-corrected chi connectivity index (χ1v) is 7.50. The van der Waals surface area contributed by atoms with Crippen LogP contribution >= 0.6 is 11.5 Å². The highest BCUT2D eigenvalue weighted by Gasteiger charge is 2.41. The molecule has 1 aromatic rings. The SMILES string of the molecule is Cc1nsc(N(C)C(=O)C2CCCC2(C)C)c1C(=O)O. The van der Waals surface area contributed by atoms with Crippen molar-refractivity contribution in [3.63, 3.8) is 0 Å². The molecule has 1 aromatic heterocycles. The fourth-order valence-corrected chi connectivity index (χ4v) is 3.80. The second-order valence-electron chi connectivity index (χ2n) is 6.08. The van der Waals surface area contributed by atoms with Crippen LogP contribution in [0.4, 0.5) is 5.00 Å². The van der Waals surface area contributed by atoms with Crippen LogP contribution in [0.15, 0.2) is 0 Å². The lowest BCUT2D eigenvalue weighted by atomic mass is 9.81. The fraction of sp³-hybridized carbons (Fsp3) is 0.643. The van der Waals surface area contributed by atoms with E-state index in [2.05, 4.69) is 18.2 Å². The van der Waals surface area contributed by atoms with Gasteiger partial charge in [0, 0.05) is 13.0 Å². The maximum absolute atomic E-state index is 12.7. The first-order valence-electron chi connectivity index (χ1n) is 6.73. The molecule has 1 heterocycles. The number of aromatic nitrogens is 1. The van der Waals surface area contributed by atoms with Gasteiger partial charge in [-0.05, 0) is 36.7 Å². The van der Waals surface area contributed by atoms with E-state index in [0.29, 0.717) is 10.7 Å². The number of carbonyl (C=O) groups excluding carboxylic acids is 1. The van der Waals surface area contributed by atoms with Crippen LogP contribution < -0.4 is 4.90 Å². The monoisotopic (exact) mass is 296 g/mol. The molecule has 0 aromatic carbocycles. The molecule has 1 fully saturated rings. The average Bonchev–Trinajstić information content (AvgIpc) is 2.90. The molecule has 1 saturated carbocycles. The van der Waals surface area contributed by atoms with Crippen molar-refractivity contribution in [1.29, 1.82) is 0 Å². The number of amides is 1. The smallest absolute Gasteiger partial charge is 0.340 e. The van der Waals surface area contributed by atoms with Crippen molar-refractivity contribution in [2.75, 3.05) is 11.9 Å². The number of nitrogens with zero attached hydrogens (tertiary/aromatic N) is 2. The third-order valence-electron chi connectivity index (χ3n) is 4.25. The summed E-state index contributed by atoms with van der Waals surface area (Å²) in [5, 5.41) is 9.70. The van der Waals surface area contributed by atoms with Crippen LogP contribution in [0.1, 0.15) is 49.2 Å². The Kier molecular flexibility index (Phi) is 3.86. The predicted octanol–water partition coefficient (Wildman–Crippen LogP) is 2.94. The van der Waals surface area contributed by atoms with Crippen molar-refractivity contribution < 1.29 is 14.7 Å². The molecule has 1 unspecified atom stereocenters. The van der Waals surface area contributed by atoms with E-state index in [1.54, 1.807) is 14.0 Å². The lowest BCUT2D eigenvalue weighted by Crippen LogP contribution is -2.37. The Morgan fingerprint density at radius 3 is 2.60 bits per heavy atom. The van der Waals surface area contributed by atoms with Gasteiger partial charge in [0.1, 0.15) is 10.6 Å². The molecule has 20 heavy (non-hydrogen) atoms. The number of carboxylic acid groups (broad SMARTS) is 1. The van der Waals surface area contributed by atoms with Crippen LogP contribution in [-0.4, -0.2) is 28.4 Å². The van der Waals surface area contributed by atoms with E-state index < -0.39 is 5.97 Å². The Morgan fingerprint density at radius 1 is 1.45 bits per heavy atom. The molecule has 110 valence electrons. The Morgan fingerprint density at radius 2 is 2.10 bits per heavy atom. The van der Waals surface area contributed by atoms with Gasteiger partial charge in [-0.15, -0.1) is 0 Å². The minimum atomic E-state index is -1.03. The molecule has 1 aliphatic rings.